The van der Waals surface area contributed by atoms with E-state index in [0.717, 1.165) is 5.56 Å². The number of methoxy groups -OCH3 is 1. The van der Waals surface area contributed by atoms with E-state index in [1.807, 2.05) is 6.92 Å². The number of esters is 1. The first kappa shape index (κ1) is 17.0. The molecular weight excluding hydrogens is 342 g/mol. The normalized spacial score (nSPS) is 11.5. The van der Waals surface area contributed by atoms with Gasteiger partial charge in [0, 0.05) is 11.1 Å². The fourth-order valence-electron chi connectivity index (χ4n) is 2.57. The molecule has 0 fully saturated rings. The Bertz CT molecular complexity index is 1050. The van der Waals surface area contributed by atoms with Gasteiger partial charge in [-0.3, -0.25) is 4.72 Å². The van der Waals surface area contributed by atoms with Gasteiger partial charge in [0.15, 0.2) is 0 Å². The van der Waals surface area contributed by atoms with Gasteiger partial charge in [0.2, 0.25) is 0 Å². The van der Waals surface area contributed by atoms with Crippen molar-refractivity contribution in [3.05, 3.63) is 59.4 Å². The van der Waals surface area contributed by atoms with Crippen molar-refractivity contribution in [2.24, 2.45) is 0 Å². The third-order valence-electron chi connectivity index (χ3n) is 3.84. The molecule has 6 nitrogen and oxygen atoms in total. The number of anilines is 1. The van der Waals surface area contributed by atoms with Gasteiger partial charge < -0.3 is 9.15 Å². The van der Waals surface area contributed by atoms with E-state index >= 15 is 0 Å². The lowest BCUT2D eigenvalue weighted by atomic mass is 10.1. The molecule has 2 aromatic carbocycles. The van der Waals surface area contributed by atoms with E-state index in [1.165, 1.54) is 19.2 Å². The molecule has 0 atom stereocenters. The maximum absolute atomic E-state index is 12.5. The topological polar surface area (TPSA) is 85.6 Å². The van der Waals surface area contributed by atoms with Gasteiger partial charge in [-0.1, -0.05) is 17.7 Å². The first-order chi connectivity index (χ1) is 11.8. The average molecular weight is 359 g/mol. The second-order valence-corrected chi connectivity index (χ2v) is 7.34. The van der Waals surface area contributed by atoms with Crippen LogP contribution in [0.2, 0.25) is 0 Å². The Morgan fingerprint density at radius 2 is 1.76 bits per heavy atom. The largest absolute Gasteiger partial charge is 0.465 e. The molecule has 0 spiro atoms. The summed E-state index contributed by atoms with van der Waals surface area (Å²) in [7, 11) is -2.45. The van der Waals surface area contributed by atoms with E-state index in [0.29, 0.717) is 22.4 Å². The van der Waals surface area contributed by atoms with Crippen LogP contribution in [0.25, 0.3) is 11.0 Å². The lowest BCUT2D eigenvalue weighted by molar-refractivity contribution is 0.0600. The third-order valence-corrected chi connectivity index (χ3v) is 5.23. The number of furan rings is 1. The minimum atomic E-state index is -3.73. The second-order valence-electron chi connectivity index (χ2n) is 5.65. The molecule has 0 amide bonds. The Morgan fingerprint density at radius 1 is 1.08 bits per heavy atom. The zero-order valence-corrected chi connectivity index (χ0v) is 14.8. The molecule has 25 heavy (non-hydrogen) atoms. The number of nitrogens with one attached hydrogen (secondary N) is 1. The summed E-state index contributed by atoms with van der Waals surface area (Å²) in [6.45, 7) is 3.54. The van der Waals surface area contributed by atoms with E-state index < -0.39 is 16.0 Å². The Kier molecular flexibility index (Phi) is 4.26. The highest BCUT2D eigenvalue weighted by molar-refractivity contribution is 7.92. The maximum Gasteiger partial charge on any atom is 0.342 e. The molecular formula is C18H17NO5S. The zero-order chi connectivity index (χ0) is 18.2. The van der Waals surface area contributed by atoms with E-state index in [1.54, 1.807) is 37.3 Å². The van der Waals surface area contributed by atoms with Crippen molar-refractivity contribution in [1.82, 2.24) is 0 Å². The second kappa shape index (κ2) is 6.25. The molecule has 1 aromatic heterocycles. The Morgan fingerprint density at radius 3 is 2.40 bits per heavy atom. The quantitative estimate of drug-likeness (QED) is 0.719. The highest BCUT2D eigenvalue weighted by Crippen LogP contribution is 2.29. The van der Waals surface area contributed by atoms with Crippen molar-refractivity contribution < 1.29 is 22.4 Å². The van der Waals surface area contributed by atoms with Crippen LogP contribution >= 0.6 is 0 Å². The number of rotatable bonds is 4. The molecule has 130 valence electrons. The maximum atomic E-state index is 12.5. The summed E-state index contributed by atoms with van der Waals surface area (Å²) in [6, 6.07) is 11.3. The summed E-state index contributed by atoms with van der Waals surface area (Å²) in [5.41, 5.74) is 2.07. The van der Waals surface area contributed by atoms with Crippen molar-refractivity contribution in [1.29, 1.82) is 0 Å². The number of carbonyl (C=O) groups excluding carboxylic acids is 1. The van der Waals surface area contributed by atoms with Crippen molar-refractivity contribution in [3.8, 4) is 0 Å². The van der Waals surface area contributed by atoms with Crippen molar-refractivity contribution in [2.45, 2.75) is 18.7 Å². The van der Waals surface area contributed by atoms with Crippen LogP contribution in [0.4, 0.5) is 5.69 Å². The summed E-state index contributed by atoms with van der Waals surface area (Å²) in [4.78, 5) is 12.1. The van der Waals surface area contributed by atoms with E-state index in [-0.39, 0.29) is 10.5 Å². The van der Waals surface area contributed by atoms with Crippen molar-refractivity contribution >= 4 is 32.6 Å². The molecule has 7 heteroatoms. The Labute approximate surface area is 145 Å². The van der Waals surface area contributed by atoms with E-state index in [2.05, 4.69) is 4.72 Å². The molecule has 3 rings (SSSR count). The summed E-state index contributed by atoms with van der Waals surface area (Å²) in [5.74, 6) is -0.116. The van der Waals surface area contributed by atoms with Crippen LogP contribution in [0.1, 0.15) is 21.7 Å². The zero-order valence-electron chi connectivity index (χ0n) is 14.0. The molecule has 0 aliphatic heterocycles. The molecule has 1 N–H and O–H groups in total. The van der Waals surface area contributed by atoms with Gasteiger partial charge in [0.25, 0.3) is 10.0 Å². The summed E-state index contributed by atoms with van der Waals surface area (Å²) >= 11 is 0. The molecule has 0 unspecified atom stereocenters. The average Bonchev–Trinajstić information content (AvgIpc) is 2.89. The van der Waals surface area contributed by atoms with Gasteiger partial charge in [-0.15, -0.1) is 0 Å². The molecule has 3 aromatic rings. The van der Waals surface area contributed by atoms with Crippen LogP contribution in [0.3, 0.4) is 0 Å². The SMILES string of the molecule is COC(=O)c1c(C)oc2ccc(NS(=O)(=O)c3ccc(C)cc3)cc12. The first-order valence-corrected chi connectivity index (χ1v) is 9.01. The van der Waals surface area contributed by atoms with Gasteiger partial charge in [-0.2, -0.15) is 0 Å². The molecule has 0 aliphatic carbocycles. The highest BCUT2D eigenvalue weighted by atomic mass is 32.2. The van der Waals surface area contributed by atoms with Gasteiger partial charge in [0.05, 0.1) is 12.0 Å². The van der Waals surface area contributed by atoms with Gasteiger partial charge in [-0.05, 0) is 44.2 Å². The first-order valence-electron chi connectivity index (χ1n) is 7.53. The predicted molar refractivity (Wildman–Crippen MR) is 94.3 cm³/mol. The molecule has 0 saturated carbocycles. The number of carbonyl (C=O) groups is 1. The number of hydrogen-bond acceptors (Lipinski definition) is 5. The fourth-order valence-corrected chi connectivity index (χ4v) is 3.62. The van der Waals surface area contributed by atoms with Gasteiger partial charge in [-0.25, -0.2) is 13.2 Å². The van der Waals surface area contributed by atoms with Crippen molar-refractivity contribution in [2.75, 3.05) is 11.8 Å². The summed E-state index contributed by atoms with van der Waals surface area (Å²) in [5, 5.41) is 0.494. The van der Waals surface area contributed by atoms with E-state index in [4.69, 9.17) is 9.15 Å². The molecule has 0 saturated heterocycles. The van der Waals surface area contributed by atoms with Crippen LogP contribution < -0.4 is 4.72 Å². The van der Waals surface area contributed by atoms with Crippen LogP contribution in [-0.4, -0.2) is 21.5 Å². The Balaban J connectivity index is 2.02. The molecule has 0 bridgehead atoms. The molecule has 0 aliphatic rings. The summed E-state index contributed by atoms with van der Waals surface area (Å²) in [6.07, 6.45) is 0. The lowest BCUT2D eigenvalue weighted by Gasteiger charge is -2.08. The smallest absolute Gasteiger partial charge is 0.342 e. The lowest BCUT2D eigenvalue weighted by Crippen LogP contribution is -2.12. The number of hydrogen-bond donors (Lipinski definition) is 1. The predicted octanol–water partition coefficient (Wildman–Crippen LogP) is 3.64. The minimum Gasteiger partial charge on any atom is -0.465 e. The third kappa shape index (κ3) is 3.23. The van der Waals surface area contributed by atoms with Crippen LogP contribution in [0.15, 0.2) is 51.8 Å². The standard InChI is InChI=1S/C18H17NO5S/c1-11-4-7-14(8-5-11)25(21,22)19-13-6-9-16-15(10-13)17(12(2)24-16)18(20)23-3/h4-10,19H,1-3H3. The van der Waals surface area contributed by atoms with Gasteiger partial charge >= 0.3 is 5.97 Å². The number of aryl methyl sites for hydroxylation is 2. The van der Waals surface area contributed by atoms with Crippen LogP contribution in [0.5, 0.6) is 0 Å². The monoisotopic (exact) mass is 359 g/mol. The number of ether oxygens (including phenoxy) is 1. The highest BCUT2D eigenvalue weighted by Gasteiger charge is 2.20. The molecule has 0 radical (unpaired) electrons. The van der Waals surface area contributed by atoms with Crippen LogP contribution in [-0.2, 0) is 14.8 Å². The summed E-state index contributed by atoms with van der Waals surface area (Å²) < 4.78 is 37.8. The van der Waals surface area contributed by atoms with Crippen LogP contribution in [0, 0.1) is 13.8 Å². The number of fused-ring (bicyclic) bond motifs is 1. The van der Waals surface area contributed by atoms with E-state index in [9.17, 15) is 13.2 Å². The molecule has 1 heterocycles. The number of sulfonamides is 1. The van der Waals surface area contributed by atoms with Gasteiger partial charge in [0.1, 0.15) is 16.9 Å². The van der Waals surface area contributed by atoms with Crippen molar-refractivity contribution in [3.63, 3.8) is 0 Å². The minimum absolute atomic E-state index is 0.162. The Hall–Kier alpha value is -2.80. The fraction of sp³-hybridized carbons (Fsp3) is 0.167. The number of benzene rings is 2.